The summed E-state index contributed by atoms with van der Waals surface area (Å²) >= 11 is 12.4. The summed E-state index contributed by atoms with van der Waals surface area (Å²) in [6.07, 6.45) is -4.64. The van der Waals surface area contributed by atoms with Crippen LogP contribution in [0.1, 0.15) is 16.1 Å². The number of alkyl halides is 3. The summed E-state index contributed by atoms with van der Waals surface area (Å²) in [6, 6.07) is 19.0. The lowest BCUT2D eigenvalue weighted by molar-refractivity contribution is -0.141. The summed E-state index contributed by atoms with van der Waals surface area (Å²) in [7, 11) is 0. The molecule has 0 aliphatic carbocycles. The first-order valence-corrected chi connectivity index (χ1v) is 12.4. The Balaban J connectivity index is 1.44. The lowest BCUT2D eigenvalue weighted by Crippen LogP contribution is -2.36. The molecule has 0 unspecified atom stereocenters. The van der Waals surface area contributed by atoms with Crippen LogP contribution in [0.5, 0.6) is 0 Å². The first kappa shape index (κ1) is 26.1. The van der Waals surface area contributed by atoms with Crippen molar-refractivity contribution < 1.29 is 22.7 Å². The standard InChI is InChI=1S/C27H21Cl2F3N4O2/c28-19-9-10-23(35-11-13-38-14-12-35)21(15-19)33-26(37)18-7-5-17(6-8-18)24-16-25(27(30,31)32)34-36(24)22-4-2-1-3-20(22)29/h1-10,15-16H,11-14H2,(H,33,37). The molecule has 0 atom stereocenters. The van der Waals surface area contributed by atoms with Gasteiger partial charge in [0.1, 0.15) is 0 Å². The highest BCUT2D eigenvalue weighted by Crippen LogP contribution is 2.35. The van der Waals surface area contributed by atoms with E-state index < -0.39 is 11.9 Å². The Morgan fingerprint density at radius 1 is 0.921 bits per heavy atom. The van der Waals surface area contributed by atoms with Crippen LogP contribution in [0, 0.1) is 0 Å². The third-order valence-corrected chi connectivity index (χ3v) is 6.64. The molecule has 1 saturated heterocycles. The van der Waals surface area contributed by atoms with Gasteiger partial charge in [0, 0.05) is 29.2 Å². The number of hydrogen-bond donors (Lipinski definition) is 1. The molecule has 0 spiro atoms. The highest BCUT2D eigenvalue weighted by atomic mass is 35.5. The molecule has 1 aliphatic heterocycles. The maximum Gasteiger partial charge on any atom is 0.435 e. The van der Waals surface area contributed by atoms with Gasteiger partial charge in [-0.05, 0) is 48.5 Å². The Bertz CT molecular complexity index is 1470. The van der Waals surface area contributed by atoms with Gasteiger partial charge in [0.25, 0.3) is 5.91 Å². The average molecular weight is 561 g/mol. The number of anilines is 2. The van der Waals surface area contributed by atoms with Gasteiger partial charge in [0.2, 0.25) is 0 Å². The van der Waals surface area contributed by atoms with E-state index in [0.29, 0.717) is 53.8 Å². The number of carbonyl (C=O) groups excluding carboxylic acids is 1. The first-order chi connectivity index (χ1) is 18.2. The Morgan fingerprint density at radius 3 is 2.32 bits per heavy atom. The summed E-state index contributed by atoms with van der Waals surface area (Å²) < 4.78 is 47.1. The summed E-state index contributed by atoms with van der Waals surface area (Å²) in [4.78, 5) is 15.2. The summed E-state index contributed by atoms with van der Waals surface area (Å²) in [5.74, 6) is -0.385. The van der Waals surface area contributed by atoms with E-state index in [1.165, 1.54) is 0 Å². The molecule has 196 valence electrons. The second kappa shape index (κ2) is 10.7. The van der Waals surface area contributed by atoms with E-state index in [0.717, 1.165) is 16.4 Å². The first-order valence-electron chi connectivity index (χ1n) is 11.7. The molecule has 1 fully saturated rings. The van der Waals surface area contributed by atoms with Crippen LogP contribution in [0.2, 0.25) is 10.0 Å². The van der Waals surface area contributed by atoms with Gasteiger partial charge in [-0.1, -0.05) is 47.5 Å². The molecule has 0 saturated carbocycles. The topological polar surface area (TPSA) is 59.4 Å². The molecule has 5 rings (SSSR count). The minimum atomic E-state index is -4.64. The summed E-state index contributed by atoms with van der Waals surface area (Å²) in [6.45, 7) is 2.52. The number of rotatable bonds is 5. The molecule has 2 heterocycles. The fourth-order valence-corrected chi connectivity index (χ4v) is 4.60. The Morgan fingerprint density at radius 2 is 1.63 bits per heavy atom. The van der Waals surface area contributed by atoms with E-state index in [1.807, 2.05) is 6.07 Å². The Kier molecular flexibility index (Phi) is 7.34. The van der Waals surface area contributed by atoms with E-state index in [2.05, 4.69) is 15.3 Å². The van der Waals surface area contributed by atoms with Crippen molar-refractivity contribution in [3.05, 3.63) is 94.1 Å². The second-order valence-electron chi connectivity index (χ2n) is 8.57. The maximum absolute atomic E-state index is 13.5. The van der Waals surface area contributed by atoms with Crippen LogP contribution in [-0.4, -0.2) is 42.0 Å². The van der Waals surface area contributed by atoms with Crippen molar-refractivity contribution >= 4 is 40.5 Å². The molecule has 1 N–H and O–H groups in total. The minimum absolute atomic E-state index is 0.182. The van der Waals surface area contributed by atoms with Crippen LogP contribution in [0.3, 0.4) is 0 Å². The van der Waals surface area contributed by atoms with Gasteiger partial charge in [0.15, 0.2) is 5.69 Å². The lowest BCUT2D eigenvalue weighted by Gasteiger charge is -2.30. The van der Waals surface area contributed by atoms with Gasteiger partial charge in [-0.2, -0.15) is 18.3 Å². The number of morpholine rings is 1. The van der Waals surface area contributed by atoms with Crippen molar-refractivity contribution in [3.63, 3.8) is 0 Å². The molecule has 4 aromatic rings. The Hall–Kier alpha value is -3.53. The van der Waals surface area contributed by atoms with E-state index >= 15 is 0 Å². The molecule has 6 nitrogen and oxygen atoms in total. The number of halogens is 5. The van der Waals surface area contributed by atoms with Gasteiger partial charge < -0.3 is 15.0 Å². The summed E-state index contributed by atoms with van der Waals surface area (Å²) in [5, 5.41) is 7.39. The number of para-hydroxylation sites is 1. The van der Waals surface area contributed by atoms with Crippen molar-refractivity contribution in [1.29, 1.82) is 0 Å². The molecule has 38 heavy (non-hydrogen) atoms. The maximum atomic E-state index is 13.5. The molecular formula is C27H21Cl2F3N4O2. The number of nitrogens with one attached hydrogen (secondary N) is 1. The number of benzene rings is 3. The SMILES string of the molecule is O=C(Nc1cc(Cl)ccc1N1CCOCC1)c1ccc(-c2cc(C(F)(F)F)nn2-c2ccccc2Cl)cc1. The van der Waals surface area contributed by atoms with Crippen LogP contribution in [-0.2, 0) is 10.9 Å². The normalized spacial score (nSPS) is 14.0. The van der Waals surface area contributed by atoms with E-state index in [9.17, 15) is 18.0 Å². The van der Waals surface area contributed by atoms with Gasteiger partial charge in [0.05, 0.1) is 41.0 Å². The predicted molar refractivity (Wildman–Crippen MR) is 141 cm³/mol. The second-order valence-corrected chi connectivity index (χ2v) is 9.41. The van der Waals surface area contributed by atoms with Crippen molar-refractivity contribution in [2.75, 3.05) is 36.5 Å². The van der Waals surface area contributed by atoms with Crippen LogP contribution in [0.25, 0.3) is 16.9 Å². The highest BCUT2D eigenvalue weighted by molar-refractivity contribution is 6.32. The number of hydrogen-bond acceptors (Lipinski definition) is 4. The molecular weight excluding hydrogens is 540 g/mol. The molecule has 1 aromatic heterocycles. The Labute approximate surface area is 226 Å². The van der Waals surface area contributed by atoms with Crippen molar-refractivity contribution in [3.8, 4) is 16.9 Å². The van der Waals surface area contributed by atoms with Crippen LogP contribution >= 0.6 is 23.2 Å². The van der Waals surface area contributed by atoms with Gasteiger partial charge >= 0.3 is 6.18 Å². The molecule has 11 heteroatoms. The van der Waals surface area contributed by atoms with Gasteiger partial charge in [-0.15, -0.1) is 0 Å². The monoisotopic (exact) mass is 560 g/mol. The fraction of sp³-hybridized carbons (Fsp3) is 0.185. The van der Waals surface area contributed by atoms with Crippen LogP contribution < -0.4 is 10.2 Å². The highest BCUT2D eigenvalue weighted by Gasteiger charge is 2.35. The molecule has 0 radical (unpaired) electrons. The van der Waals surface area contributed by atoms with Gasteiger partial charge in [-0.25, -0.2) is 4.68 Å². The summed E-state index contributed by atoms with van der Waals surface area (Å²) in [5.41, 5.74) is 1.57. The number of ether oxygens (including phenoxy) is 1. The number of amides is 1. The lowest BCUT2D eigenvalue weighted by atomic mass is 10.1. The fourth-order valence-electron chi connectivity index (χ4n) is 4.21. The van der Waals surface area contributed by atoms with E-state index in [1.54, 1.807) is 60.7 Å². The largest absolute Gasteiger partial charge is 0.435 e. The van der Waals surface area contributed by atoms with E-state index in [4.69, 9.17) is 27.9 Å². The number of nitrogens with zero attached hydrogens (tertiary/aromatic N) is 3. The van der Waals surface area contributed by atoms with Crippen molar-refractivity contribution in [1.82, 2.24) is 9.78 Å². The third kappa shape index (κ3) is 5.50. The zero-order valence-corrected chi connectivity index (χ0v) is 21.3. The smallest absolute Gasteiger partial charge is 0.378 e. The number of aromatic nitrogens is 2. The molecule has 0 bridgehead atoms. The van der Waals surface area contributed by atoms with Crippen LogP contribution in [0.15, 0.2) is 72.8 Å². The molecule has 1 aliphatic rings. The average Bonchev–Trinajstić information content (AvgIpc) is 3.36. The minimum Gasteiger partial charge on any atom is -0.378 e. The molecule has 3 aromatic carbocycles. The third-order valence-electron chi connectivity index (χ3n) is 6.08. The number of carbonyl (C=O) groups is 1. The zero-order valence-electron chi connectivity index (χ0n) is 19.8. The zero-order chi connectivity index (χ0) is 26.9. The van der Waals surface area contributed by atoms with Gasteiger partial charge in [-0.3, -0.25) is 4.79 Å². The quantitative estimate of drug-likeness (QED) is 0.287. The van der Waals surface area contributed by atoms with Crippen LogP contribution in [0.4, 0.5) is 24.5 Å². The van der Waals surface area contributed by atoms with E-state index in [-0.39, 0.29) is 16.6 Å². The predicted octanol–water partition coefficient (Wildman–Crippen LogP) is 6.95. The van der Waals surface area contributed by atoms with Crippen molar-refractivity contribution in [2.24, 2.45) is 0 Å². The molecule has 1 amide bonds. The van der Waals surface area contributed by atoms with Crippen molar-refractivity contribution in [2.45, 2.75) is 6.18 Å².